The van der Waals surface area contributed by atoms with Crippen molar-refractivity contribution >= 4 is 50.5 Å². The number of piperazine rings is 1. The van der Waals surface area contributed by atoms with Crippen LogP contribution in [0.3, 0.4) is 0 Å². The van der Waals surface area contributed by atoms with Gasteiger partial charge < -0.3 is 15.5 Å². The van der Waals surface area contributed by atoms with Gasteiger partial charge in [0, 0.05) is 55.8 Å². The van der Waals surface area contributed by atoms with Crippen molar-refractivity contribution in [3.63, 3.8) is 0 Å². The van der Waals surface area contributed by atoms with Gasteiger partial charge in [0.05, 0.1) is 11.4 Å². The van der Waals surface area contributed by atoms with Crippen LogP contribution in [0.2, 0.25) is 5.02 Å². The van der Waals surface area contributed by atoms with Gasteiger partial charge in [-0.2, -0.15) is 4.98 Å². The van der Waals surface area contributed by atoms with Crippen LogP contribution in [-0.2, 0) is 16.6 Å². The molecule has 3 unspecified atom stereocenters. The summed E-state index contributed by atoms with van der Waals surface area (Å²) in [6, 6.07) is 16.8. The molecule has 42 heavy (non-hydrogen) atoms. The third-order valence-corrected chi connectivity index (χ3v) is 11.5. The Balaban J connectivity index is 0.927. The molecule has 3 aliphatic carbocycles. The Morgan fingerprint density at radius 1 is 0.857 bits per heavy atom. The number of nitrogens with zero attached hydrogens (tertiary/aromatic N) is 4. The fraction of sp³-hybridized carbons (Fsp3) is 0.484. The number of nitrogens with one attached hydrogen (secondary N) is 3. The second kappa shape index (κ2) is 11.6. The van der Waals surface area contributed by atoms with Gasteiger partial charge in [0.2, 0.25) is 16.0 Å². The maximum absolute atomic E-state index is 12.1. The summed E-state index contributed by atoms with van der Waals surface area (Å²) in [4.78, 5) is 14.2. The summed E-state index contributed by atoms with van der Waals surface area (Å²) in [5, 5.41) is 6.71. The van der Waals surface area contributed by atoms with Crippen molar-refractivity contribution in [3.05, 3.63) is 65.3 Å². The van der Waals surface area contributed by atoms with Crippen molar-refractivity contribution in [2.45, 2.75) is 56.4 Å². The van der Waals surface area contributed by atoms with E-state index in [4.69, 9.17) is 11.6 Å². The second-order valence-electron chi connectivity index (χ2n) is 12.2. The van der Waals surface area contributed by atoms with Crippen LogP contribution >= 0.6 is 11.6 Å². The Labute approximate surface area is 253 Å². The van der Waals surface area contributed by atoms with Crippen molar-refractivity contribution < 1.29 is 8.42 Å². The molecule has 3 aromatic rings. The lowest BCUT2D eigenvalue weighted by Crippen LogP contribution is -2.51. The lowest BCUT2D eigenvalue weighted by Gasteiger charge is -2.41. The fourth-order valence-corrected chi connectivity index (χ4v) is 8.39. The normalized spacial score (nSPS) is 24.2. The van der Waals surface area contributed by atoms with E-state index in [2.05, 4.69) is 59.4 Å². The van der Waals surface area contributed by atoms with Crippen molar-refractivity contribution in [3.8, 4) is 0 Å². The summed E-state index contributed by atoms with van der Waals surface area (Å²) in [6.07, 6.45) is 8.87. The molecule has 3 atom stereocenters. The van der Waals surface area contributed by atoms with E-state index in [1.807, 2.05) is 24.3 Å². The molecular weight excluding hydrogens is 570 g/mol. The first-order valence-corrected chi connectivity index (χ1v) is 17.0. The number of hydrogen-bond donors (Lipinski definition) is 3. The SMILES string of the molecule is O=S(=O)(NCc1ccc(Nc2nc(Nc3ccc(N4CCN(C5CC6CCC5C6)CC4)cc3)ncc2Cl)cc1)C1CC1. The van der Waals surface area contributed by atoms with Crippen LogP contribution in [0.15, 0.2) is 54.7 Å². The molecule has 4 fully saturated rings. The minimum atomic E-state index is -3.21. The van der Waals surface area contributed by atoms with E-state index < -0.39 is 10.0 Å². The van der Waals surface area contributed by atoms with Gasteiger partial charge in [-0.1, -0.05) is 30.2 Å². The molecule has 1 saturated heterocycles. The number of aromatic nitrogens is 2. The van der Waals surface area contributed by atoms with E-state index in [1.54, 1.807) is 6.20 Å². The molecule has 0 amide bonds. The number of fused-ring (bicyclic) bond motifs is 2. The molecule has 4 aliphatic rings. The zero-order valence-corrected chi connectivity index (χ0v) is 25.2. The first-order valence-electron chi connectivity index (χ1n) is 15.1. The summed E-state index contributed by atoms with van der Waals surface area (Å²) < 4.78 is 26.8. The van der Waals surface area contributed by atoms with E-state index >= 15 is 0 Å². The van der Waals surface area contributed by atoms with Gasteiger partial charge in [-0.3, -0.25) is 4.90 Å². The number of anilines is 5. The summed E-state index contributed by atoms with van der Waals surface area (Å²) in [5.41, 5.74) is 3.83. The first kappa shape index (κ1) is 27.9. The van der Waals surface area contributed by atoms with E-state index in [-0.39, 0.29) is 11.8 Å². The van der Waals surface area contributed by atoms with Crippen molar-refractivity contribution in [1.82, 2.24) is 19.6 Å². The van der Waals surface area contributed by atoms with Crippen LogP contribution in [0.1, 0.15) is 44.1 Å². The van der Waals surface area contributed by atoms with E-state index in [0.29, 0.717) is 16.8 Å². The van der Waals surface area contributed by atoms with Gasteiger partial charge in [0.1, 0.15) is 5.02 Å². The summed E-state index contributed by atoms with van der Waals surface area (Å²) in [6.45, 7) is 4.74. The number of sulfonamides is 1. The zero-order valence-electron chi connectivity index (χ0n) is 23.7. The Kier molecular flexibility index (Phi) is 7.73. The Hall–Kier alpha value is -2.92. The lowest BCUT2D eigenvalue weighted by molar-refractivity contribution is 0.135. The van der Waals surface area contributed by atoms with Gasteiger partial charge >= 0.3 is 0 Å². The van der Waals surface area contributed by atoms with Crippen molar-refractivity contribution in [2.75, 3.05) is 41.7 Å². The van der Waals surface area contributed by atoms with Crippen LogP contribution < -0.4 is 20.3 Å². The Morgan fingerprint density at radius 3 is 2.24 bits per heavy atom. The predicted molar refractivity (Wildman–Crippen MR) is 168 cm³/mol. The number of halogens is 1. The molecule has 0 radical (unpaired) electrons. The highest BCUT2D eigenvalue weighted by Gasteiger charge is 2.42. The highest BCUT2D eigenvalue weighted by molar-refractivity contribution is 7.90. The van der Waals surface area contributed by atoms with Crippen LogP contribution in [0.25, 0.3) is 0 Å². The lowest BCUT2D eigenvalue weighted by atomic mass is 9.93. The summed E-state index contributed by atoms with van der Waals surface area (Å²) in [7, 11) is -3.21. The molecule has 11 heteroatoms. The molecule has 7 rings (SSSR count). The molecular formula is C31H38ClN7O2S. The number of rotatable bonds is 10. The largest absolute Gasteiger partial charge is 0.369 e. The van der Waals surface area contributed by atoms with Gasteiger partial charge in [0.15, 0.2) is 5.82 Å². The van der Waals surface area contributed by atoms with Crippen LogP contribution in [0, 0.1) is 11.8 Å². The summed E-state index contributed by atoms with van der Waals surface area (Å²) in [5.74, 6) is 2.88. The van der Waals surface area contributed by atoms with E-state index in [0.717, 1.165) is 73.8 Å². The molecule has 2 aromatic carbocycles. The minimum absolute atomic E-state index is 0.226. The highest BCUT2D eigenvalue weighted by Crippen LogP contribution is 2.46. The monoisotopic (exact) mass is 607 g/mol. The number of hydrogen-bond acceptors (Lipinski definition) is 8. The van der Waals surface area contributed by atoms with Crippen LogP contribution in [0.5, 0.6) is 0 Å². The van der Waals surface area contributed by atoms with Crippen LogP contribution in [0.4, 0.5) is 28.8 Å². The maximum Gasteiger partial charge on any atom is 0.229 e. The van der Waals surface area contributed by atoms with Crippen molar-refractivity contribution in [2.24, 2.45) is 11.8 Å². The average molecular weight is 608 g/mol. The van der Waals surface area contributed by atoms with Crippen molar-refractivity contribution in [1.29, 1.82) is 0 Å². The van der Waals surface area contributed by atoms with E-state index in [9.17, 15) is 8.42 Å². The predicted octanol–water partition coefficient (Wildman–Crippen LogP) is 5.51. The molecule has 2 heterocycles. The highest BCUT2D eigenvalue weighted by atomic mass is 35.5. The molecule has 1 aliphatic heterocycles. The smallest absolute Gasteiger partial charge is 0.229 e. The molecule has 1 aromatic heterocycles. The average Bonchev–Trinajstić information content (AvgIpc) is 3.68. The second-order valence-corrected chi connectivity index (χ2v) is 14.7. The van der Waals surface area contributed by atoms with Gasteiger partial charge in [-0.25, -0.2) is 18.1 Å². The molecule has 3 saturated carbocycles. The zero-order chi connectivity index (χ0) is 28.7. The van der Waals surface area contributed by atoms with Gasteiger partial charge in [-0.15, -0.1) is 0 Å². The first-order chi connectivity index (χ1) is 20.4. The number of benzene rings is 2. The fourth-order valence-electron chi connectivity index (χ4n) is 6.89. The van der Waals surface area contributed by atoms with Gasteiger partial charge in [-0.05, 0) is 85.9 Å². The maximum atomic E-state index is 12.1. The van der Waals surface area contributed by atoms with Gasteiger partial charge in [0.25, 0.3) is 0 Å². The standard InChI is InChI=1S/C31H38ClN7O2S/c32-28-20-33-31(37-30(28)35-24-5-2-21(3-6-24)19-34-42(40,41)27-11-12-27)36-25-7-9-26(10-8-25)38-13-15-39(16-14-38)29-18-22-1-4-23(29)17-22/h2-3,5-10,20,22-23,27,29,34H,1,4,11-19H2,(H2,33,35,36,37). The molecule has 2 bridgehead atoms. The molecule has 9 nitrogen and oxygen atoms in total. The molecule has 0 spiro atoms. The minimum Gasteiger partial charge on any atom is -0.369 e. The third kappa shape index (κ3) is 6.22. The molecule has 3 N–H and O–H groups in total. The topological polar surface area (TPSA) is 102 Å². The quantitative estimate of drug-likeness (QED) is 0.277. The Bertz CT molecular complexity index is 1510. The van der Waals surface area contributed by atoms with Crippen LogP contribution in [-0.4, -0.2) is 60.8 Å². The molecule has 222 valence electrons. The Morgan fingerprint density at radius 2 is 1.57 bits per heavy atom. The third-order valence-electron chi connectivity index (χ3n) is 9.37. The van der Waals surface area contributed by atoms with E-state index in [1.165, 1.54) is 31.4 Å². The summed E-state index contributed by atoms with van der Waals surface area (Å²) >= 11 is 6.39.